The number of nitrogens with two attached hydrogens (primary N) is 3. The highest BCUT2D eigenvalue weighted by molar-refractivity contribution is 5.79. The van der Waals surface area contributed by atoms with Gasteiger partial charge in [-0.05, 0) is 13.3 Å². The quantitative estimate of drug-likeness (QED) is 0.480. The Balaban J connectivity index is 3.97. The van der Waals surface area contributed by atoms with Crippen LogP contribution in [0, 0.1) is 5.92 Å². The zero-order chi connectivity index (χ0) is 9.72. The first kappa shape index (κ1) is 10.9. The Labute approximate surface area is 71.3 Å². The molecule has 0 aromatic heterocycles. The molecule has 0 radical (unpaired) electrons. The molecule has 0 aromatic carbocycles. The van der Waals surface area contributed by atoms with Gasteiger partial charge in [-0.1, -0.05) is 0 Å². The van der Waals surface area contributed by atoms with Gasteiger partial charge < -0.3 is 17.2 Å². The van der Waals surface area contributed by atoms with Crippen LogP contribution in [0.15, 0.2) is 0 Å². The van der Waals surface area contributed by atoms with Crippen LogP contribution in [0.2, 0.25) is 0 Å². The van der Waals surface area contributed by atoms with Crippen LogP contribution in [-0.2, 0) is 9.59 Å². The molecule has 0 aromatic rings. The summed E-state index contributed by atoms with van der Waals surface area (Å²) in [5.74, 6) is -1.38. The van der Waals surface area contributed by atoms with Gasteiger partial charge in [0.1, 0.15) is 0 Å². The number of hydrogen-bond acceptors (Lipinski definition) is 3. The third-order valence-electron chi connectivity index (χ3n) is 1.70. The van der Waals surface area contributed by atoms with E-state index in [-0.39, 0.29) is 12.5 Å². The predicted octanol–water partition coefficient (Wildman–Crippen LogP) is -1.30. The topological polar surface area (TPSA) is 112 Å². The lowest BCUT2D eigenvalue weighted by Gasteiger charge is -2.15. The average Bonchev–Trinajstić information content (AvgIpc) is 1.84. The maximum absolute atomic E-state index is 10.7. The minimum absolute atomic E-state index is 0.148. The predicted molar refractivity (Wildman–Crippen MR) is 44.8 cm³/mol. The monoisotopic (exact) mass is 173 g/mol. The van der Waals surface area contributed by atoms with E-state index in [1.54, 1.807) is 6.92 Å². The van der Waals surface area contributed by atoms with E-state index < -0.39 is 17.7 Å². The van der Waals surface area contributed by atoms with Crippen LogP contribution in [0.25, 0.3) is 0 Å². The molecule has 2 amide bonds. The maximum atomic E-state index is 10.7. The third-order valence-corrected chi connectivity index (χ3v) is 1.70. The Morgan fingerprint density at radius 3 is 2.08 bits per heavy atom. The summed E-state index contributed by atoms with van der Waals surface area (Å²) in [5, 5.41) is 0. The van der Waals surface area contributed by atoms with Crippen molar-refractivity contribution in [1.29, 1.82) is 0 Å². The third kappa shape index (κ3) is 3.92. The van der Waals surface area contributed by atoms with Crippen LogP contribution in [0.4, 0.5) is 0 Å². The van der Waals surface area contributed by atoms with Gasteiger partial charge in [0.15, 0.2) is 0 Å². The summed E-state index contributed by atoms with van der Waals surface area (Å²) in [5.41, 5.74) is 15.4. The Kier molecular flexibility index (Phi) is 4.28. The van der Waals surface area contributed by atoms with Gasteiger partial charge in [-0.3, -0.25) is 9.59 Å². The Morgan fingerprint density at radius 2 is 1.83 bits per heavy atom. The van der Waals surface area contributed by atoms with Crippen LogP contribution in [0.5, 0.6) is 0 Å². The molecule has 0 bridgehead atoms. The molecule has 0 saturated carbocycles. The van der Waals surface area contributed by atoms with Crippen molar-refractivity contribution in [3.8, 4) is 0 Å². The first-order chi connectivity index (χ1) is 5.45. The van der Waals surface area contributed by atoms with E-state index in [1.807, 2.05) is 0 Å². The average molecular weight is 173 g/mol. The van der Waals surface area contributed by atoms with Crippen molar-refractivity contribution in [2.75, 3.05) is 0 Å². The minimum Gasteiger partial charge on any atom is -0.370 e. The van der Waals surface area contributed by atoms with Gasteiger partial charge in [-0.15, -0.1) is 0 Å². The van der Waals surface area contributed by atoms with E-state index in [9.17, 15) is 9.59 Å². The van der Waals surface area contributed by atoms with Gasteiger partial charge in [0.2, 0.25) is 11.8 Å². The standard InChI is InChI=1S/C7H15N3O2/c1-4(8)5(7(10)12)2-3-6(9)11/h4-5H,2-3,8H2,1H3,(H2,9,11)(H2,10,12). The summed E-state index contributed by atoms with van der Waals surface area (Å²) in [6.45, 7) is 1.68. The van der Waals surface area contributed by atoms with Crippen LogP contribution in [0.1, 0.15) is 19.8 Å². The van der Waals surface area contributed by atoms with Crippen molar-refractivity contribution in [3.63, 3.8) is 0 Å². The number of rotatable bonds is 5. The first-order valence-corrected chi connectivity index (χ1v) is 3.78. The second-order valence-electron chi connectivity index (χ2n) is 2.87. The molecule has 6 N–H and O–H groups in total. The summed E-state index contributed by atoms with van der Waals surface area (Å²) < 4.78 is 0. The van der Waals surface area contributed by atoms with Gasteiger partial charge >= 0.3 is 0 Å². The minimum atomic E-state index is -0.480. The fourth-order valence-electron chi connectivity index (χ4n) is 0.962. The van der Waals surface area contributed by atoms with Gasteiger partial charge in [0, 0.05) is 12.5 Å². The fraction of sp³-hybridized carbons (Fsp3) is 0.714. The molecule has 2 atom stereocenters. The number of carbonyl (C=O) groups is 2. The lowest BCUT2D eigenvalue weighted by atomic mass is 9.95. The van der Waals surface area contributed by atoms with Gasteiger partial charge in [-0.25, -0.2) is 0 Å². The molecule has 5 nitrogen and oxygen atoms in total. The van der Waals surface area contributed by atoms with E-state index in [2.05, 4.69) is 0 Å². The molecule has 0 aliphatic carbocycles. The highest BCUT2D eigenvalue weighted by atomic mass is 16.1. The molecule has 0 fully saturated rings. The van der Waals surface area contributed by atoms with Crippen molar-refractivity contribution in [2.24, 2.45) is 23.1 Å². The molecule has 70 valence electrons. The van der Waals surface area contributed by atoms with E-state index in [0.29, 0.717) is 6.42 Å². The zero-order valence-electron chi connectivity index (χ0n) is 7.12. The molecule has 0 aliphatic heterocycles. The van der Waals surface area contributed by atoms with Crippen molar-refractivity contribution in [3.05, 3.63) is 0 Å². The van der Waals surface area contributed by atoms with Crippen LogP contribution < -0.4 is 17.2 Å². The summed E-state index contributed by atoms with van der Waals surface area (Å²) in [7, 11) is 0. The summed E-state index contributed by atoms with van der Waals surface area (Å²) in [6.07, 6.45) is 0.484. The van der Waals surface area contributed by atoms with Crippen molar-refractivity contribution in [1.82, 2.24) is 0 Å². The molecule has 0 spiro atoms. The molecular formula is C7H15N3O2. The first-order valence-electron chi connectivity index (χ1n) is 3.78. The van der Waals surface area contributed by atoms with Crippen molar-refractivity contribution < 1.29 is 9.59 Å². The van der Waals surface area contributed by atoms with Crippen LogP contribution in [0.3, 0.4) is 0 Å². The Morgan fingerprint density at radius 1 is 1.33 bits per heavy atom. The molecule has 12 heavy (non-hydrogen) atoms. The lowest BCUT2D eigenvalue weighted by molar-refractivity contribution is -0.123. The lowest BCUT2D eigenvalue weighted by Crippen LogP contribution is -2.37. The second-order valence-corrected chi connectivity index (χ2v) is 2.87. The SMILES string of the molecule is CC(N)C(CCC(N)=O)C(N)=O. The van der Waals surface area contributed by atoms with Crippen LogP contribution in [-0.4, -0.2) is 17.9 Å². The molecule has 0 rings (SSSR count). The smallest absolute Gasteiger partial charge is 0.222 e. The maximum Gasteiger partial charge on any atom is 0.222 e. The fourth-order valence-corrected chi connectivity index (χ4v) is 0.962. The second kappa shape index (κ2) is 4.71. The van der Waals surface area contributed by atoms with Gasteiger partial charge in [-0.2, -0.15) is 0 Å². The van der Waals surface area contributed by atoms with Crippen molar-refractivity contribution in [2.45, 2.75) is 25.8 Å². The molecular weight excluding hydrogens is 158 g/mol. The molecule has 0 heterocycles. The molecule has 2 unspecified atom stereocenters. The Bertz CT molecular complexity index is 179. The largest absolute Gasteiger partial charge is 0.370 e. The molecule has 5 heteroatoms. The Hall–Kier alpha value is -1.10. The zero-order valence-corrected chi connectivity index (χ0v) is 7.12. The number of primary amides is 2. The van der Waals surface area contributed by atoms with Crippen molar-refractivity contribution >= 4 is 11.8 Å². The van der Waals surface area contributed by atoms with Gasteiger partial charge in [0.05, 0.1) is 5.92 Å². The number of hydrogen-bond donors (Lipinski definition) is 3. The van der Waals surface area contributed by atoms with E-state index in [1.165, 1.54) is 0 Å². The van der Waals surface area contributed by atoms with E-state index >= 15 is 0 Å². The number of amides is 2. The highest BCUT2D eigenvalue weighted by Crippen LogP contribution is 2.08. The normalized spacial score (nSPS) is 15.2. The summed E-state index contributed by atoms with van der Waals surface area (Å²) in [6, 6.07) is -0.332. The van der Waals surface area contributed by atoms with Gasteiger partial charge in [0.25, 0.3) is 0 Å². The molecule has 0 aliphatic rings. The van der Waals surface area contributed by atoms with E-state index in [4.69, 9.17) is 17.2 Å². The van der Waals surface area contributed by atoms with E-state index in [0.717, 1.165) is 0 Å². The summed E-state index contributed by atoms with van der Waals surface area (Å²) >= 11 is 0. The molecule has 0 saturated heterocycles. The summed E-state index contributed by atoms with van der Waals surface area (Å²) in [4.78, 5) is 21.1. The number of carbonyl (C=O) groups excluding carboxylic acids is 2. The van der Waals surface area contributed by atoms with Crippen LogP contribution >= 0.6 is 0 Å². The highest BCUT2D eigenvalue weighted by Gasteiger charge is 2.19.